The topological polar surface area (TPSA) is 75.7 Å². The minimum atomic E-state index is -3.81. The number of halogens is 2. The average molecular weight is 443 g/mol. The first-order valence-electron chi connectivity index (χ1n) is 8.22. The highest BCUT2D eigenvalue weighted by atomic mass is 35.5. The molecule has 0 aliphatic heterocycles. The number of carbonyl (C=O) groups is 1. The molecule has 2 aromatic rings. The van der Waals surface area contributed by atoms with E-state index in [9.17, 15) is 13.2 Å². The number of rotatable bonds is 8. The lowest BCUT2D eigenvalue weighted by Gasteiger charge is -2.29. The van der Waals surface area contributed by atoms with Gasteiger partial charge in [0.2, 0.25) is 15.9 Å². The highest BCUT2D eigenvalue weighted by Crippen LogP contribution is 2.32. The van der Waals surface area contributed by atoms with Gasteiger partial charge in [0.05, 0.1) is 17.0 Å². The number of carbonyl (C=O) groups excluding carboxylic acids is 1. The van der Waals surface area contributed by atoms with Gasteiger partial charge in [-0.3, -0.25) is 9.10 Å². The molecule has 0 aromatic heterocycles. The molecular formula is C19H20Cl2N2O4S. The SMILES string of the molecule is C=CCOc1ccc(NC(=O)[C@H](C)N(c2cc(Cl)ccc2Cl)S(C)(=O)=O)cc1. The molecule has 150 valence electrons. The molecule has 0 aliphatic carbocycles. The highest BCUT2D eigenvalue weighted by Gasteiger charge is 2.30. The van der Waals surface area contributed by atoms with Gasteiger partial charge in [0.1, 0.15) is 18.4 Å². The normalized spacial score (nSPS) is 12.1. The predicted molar refractivity (Wildman–Crippen MR) is 114 cm³/mol. The molecule has 0 fully saturated rings. The first kappa shape index (κ1) is 22.1. The van der Waals surface area contributed by atoms with Crippen molar-refractivity contribution in [3.8, 4) is 5.75 Å². The summed E-state index contributed by atoms with van der Waals surface area (Å²) in [5.41, 5.74) is 0.626. The third kappa shape index (κ3) is 5.64. The Morgan fingerprint density at radius 2 is 1.89 bits per heavy atom. The fourth-order valence-electron chi connectivity index (χ4n) is 2.47. The van der Waals surface area contributed by atoms with Crippen LogP contribution in [0.25, 0.3) is 0 Å². The van der Waals surface area contributed by atoms with Gasteiger partial charge in [0.25, 0.3) is 0 Å². The minimum absolute atomic E-state index is 0.132. The first-order valence-corrected chi connectivity index (χ1v) is 10.8. The van der Waals surface area contributed by atoms with Gasteiger partial charge in [0.15, 0.2) is 0 Å². The summed E-state index contributed by atoms with van der Waals surface area (Å²) in [6.45, 7) is 5.41. The monoisotopic (exact) mass is 442 g/mol. The van der Waals surface area contributed by atoms with E-state index in [1.54, 1.807) is 30.3 Å². The molecule has 0 aliphatic rings. The smallest absolute Gasteiger partial charge is 0.247 e. The van der Waals surface area contributed by atoms with E-state index < -0.39 is 22.0 Å². The number of ether oxygens (including phenoxy) is 1. The number of sulfonamides is 1. The minimum Gasteiger partial charge on any atom is -0.490 e. The Labute approximate surface area is 174 Å². The van der Waals surface area contributed by atoms with Crippen LogP contribution in [-0.4, -0.2) is 33.2 Å². The number of hydrogen-bond donors (Lipinski definition) is 1. The second-order valence-electron chi connectivity index (χ2n) is 5.94. The van der Waals surface area contributed by atoms with E-state index in [1.807, 2.05) is 0 Å². The fourth-order valence-corrected chi connectivity index (χ4v) is 4.08. The molecule has 0 unspecified atom stereocenters. The van der Waals surface area contributed by atoms with Gasteiger partial charge in [-0.05, 0) is 49.4 Å². The third-order valence-electron chi connectivity index (χ3n) is 3.72. The van der Waals surface area contributed by atoms with Crippen LogP contribution in [0.2, 0.25) is 10.0 Å². The molecule has 2 rings (SSSR count). The summed E-state index contributed by atoms with van der Waals surface area (Å²) in [5, 5.41) is 3.15. The summed E-state index contributed by atoms with van der Waals surface area (Å²) in [4.78, 5) is 12.7. The Morgan fingerprint density at radius 3 is 2.46 bits per heavy atom. The number of hydrogen-bond acceptors (Lipinski definition) is 4. The maximum Gasteiger partial charge on any atom is 0.247 e. The number of anilines is 2. The molecule has 0 saturated heterocycles. The van der Waals surface area contributed by atoms with Crippen molar-refractivity contribution in [3.05, 3.63) is 65.2 Å². The summed E-state index contributed by atoms with van der Waals surface area (Å²) in [6, 6.07) is 10.0. The molecule has 0 heterocycles. The van der Waals surface area contributed by atoms with Crippen molar-refractivity contribution >= 4 is 50.5 Å². The van der Waals surface area contributed by atoms with E-state index in [0.717, 1.165) is 10.6 Å². The van der Waals surface area contributed by atoms with Crippen molar-refractivity contribution in [1.29, 1.82) is 0 Å². The zero-order chi connectivity index (χ0) is 20.9. The Bertz CT molecular complexity index is 962. The van der Waals surface area contributed by atoms with E-state index in [1.165, 1.54) is 25.1 Å². The molecule has 0 radical (unpaired) electrons. The number of benzene rings is 2. The zero-order valence-corrected chi connectivity index (χ0v) is 17.7. The predicted octanol–water partition coefficient (Wildman–Crippen LogP) is 4.35. The molecular weight excluding hydrogens is 423 g/mol. The molecule has 28 heavy (non-hydrogen) atoms. The van der Waals surface area contributed by atoms with Crippen LogP contribution in [-0.2, 0) is 14.8 Å². The van der Waals surface area contributed by atoms with E-state index in [4.69, 9.17) is 27.9 Å². The van der Waals surface area contributed by atoms with Gasteiger partial charge in [-0.25, -0.2) is 8.42 Å². The standard InChI is InChI=1S/C19H20Cl2N2O4S/c1-4-11-27-16-8-6-15(7-9-16)22-19(24)13(2)23(28(3,25)26)18-12-14(20)5-10-17(18)21/h4-10,12-13H,1,11H2,2-3H3,(H,22,24)/t13-/m0/s1. The van der Waals surface area contributed by atoms with E-state index >= 15 is 0 Å². The number of amides is 1. The van der Waals surface area contributed by atoms with Gasteiger partial charge >= 0.3 is 0 Å². The molecule has 1 N–H and O–H groups in total. The van der Waals surface area contributed by atoms with Gasteiger partial charge < -0.3 is 10.1 Å². The molecule has 2 aromatic carbocycles. The van der Waals surface area contributed by atoms with Gasteiger partial charge in [-0.1, -0.05) is 35.9 Å². The van der Waals surface area contributed by atoms with Crippen LogP contribution in [0.4, 0.5) is 11.4 Å². The summed E-state index contributed by atoms with van der Waals surface area (Å²) in [5.74, 6) is 0.0932. The second-order valence-corrected chi connectivity index (χ2v) is 8.65. The molecule has 1 atom stereocenters. The zero-order valence-electron chi connectivity index (χ0n) is 15.4. The van der Waals surface area contributed by atoms with E-state index in [-0.39, 0.29) is 10.7 Å². The van der Waals surface area contributed by atoms with Crippen LogP contribution in [0.1, 0.15) is 6.92 Å². The van der Waals surface area contributed by atoms with Crippen LogP contribution in [0.15, 0.2) is 55.1 Å². The molecule has 6 nitrogen and oxygen atoms in total. The van der Waals surface area contributed by atoms with E-state index in [0.29, 0.717) is 23.1 Å². The van der Waals surface area contributed by atoms with Crippen LogP contribution in [0.5, 0.6) is 5.75 Å². The highest BCUT2D eigenvalue weighted by molar-refractivity contribution is 7.92. The Morgan fingerprint density at radius 1 is 1.25 bits per heavy atom. The van der Waals surface area contributed by atoms with Crippen molar-refractivity contribution in [1.82, 2.24) is 0 Å². The van der Waals surface area contributed by atoms with Crippen molar-refractivity contribution < 1.29 is 17.9 Å². The van der Waals surface area contributed by atoms with Crippen LogP contribution >= 0.6 is 23.2 Å². The molecule has 0 bridgehead atoms. The van der Waals surface area contributed by atoms with Gasteiger partial charge in [-0.2, -0.15) is 0 Å². The lowest BCUT2D eigenvalue weighted by Crippen LogP contribution is -2.45. The van der Waals surface area contributed by atoms with Crippen LogP contribution < -0.4 is 14.4 Å². The number of nitrogens with one attached hydrogen (secondary N) is 1. The third-order valence-corrected chi connectivity index (χ3v) is 5.51. The fraction of sp³-hybridized carbons (Fsp3) is 0.211. The first-order chi connectivity index (χ1) is 13.1. The summed E-state index contributed by atoms with van der Waals surface area (Å²) in [7, 11) is -3.81. The van der Waals surface area contributed by atoms with Gasteiger partial charge in [-0.15, -0.1) is 0 Å². The summed E-state index contributed by atoms with van der Waals surface area (Å²) in [6.07, 6.45) is 2.62. The quantitative estimate of drug-likeness (QED) is 0.616. The Balaban J connectivity index is 2.24. The van der Waals surface area contributed by atoms with E-state index in [2.05, 4.69) is 11.9 Å². The summed E-state index contributed by atoms with van der Waals surface area (Å²) >= 11 is 12.1. The lowest BCUT2D eigenvalue weighted by molar-refractivity contribution is -0.116. The van der Waals surface area contributed by atoms with Crippen molar-refractivity contribution in [2.24, 2.45) is 0 Å². The van der Waals surface area contributed by atoms with Crippen LogP contribution in [0.3, 0.4) is 0 Å². The van der Waals surface area contributed by atoms with Crippen LogP contribution in [0, 0.1) is 0 Å². The average Bonchev–Trinajstić information content (AvgIpc) is 2.63. The van der Waals surface area contributed by atoms with Gasteiger partial charge in [0, 0.05) is 10.7 Å². The van der Waals surface area contributed by atoms with Crippen molar-refractivity contribution in [3.63, 3.8) is 0 Å². The molecule has 0 saturated carbocycles. The Kier molecular flexibility index (Phi) is 7.35. The molecule has 0 spiro atoms. The van der Waals surface area contributed by atoms with Crippen molar-refractivity contribution in [2.45, 2.75) is 13.0 Å². The lowest BCUT2D eigenvalue weighted by atomic mass is 10.2. The van der Waals surface area contributed by atoms with Crippen molar-refractivity contribution in [2.75, 3.05) is 22.5 Å². The Hall–Kier alpha value is -2.22. The summed E-state index contributed by atoms with van der Waals surface area (Å²) < 4.78 is 31.0. The maximum absolute atomic E-state index is 12.7. The number of nitrogens with zero attached hydrogens (tertiary/aromatic N) is 1. The second kappa shape index (κ2) is 9.32. The largest absolute Gasteiger partial charge is 0.490 e. The maximum atomic E-state index is 12.7. The molecule has 1 amide bonds. The molecule has 9 heteroatoms.